The van der Waals surface area contributed by atoms with Gasteiger partial charge in [0, 0.05) is 18.8 Å². The first-order valence-electron chi connectivity index (χ1n) is 4.87. The molecule has 0 heterocycles. The standard InChI is InChI=1S/C10H21N3O/c1-8(11-2)10(13-4)6-5-9(7-14)12-3/h6-9,11-13H,5H2,1-4H3. The van der Waals surface area contributed by atoms with Crippen LogP contribution in [0.5, 0.6) is 0 Å². The molecule has 14 heavy (non-hydrogen) atoms. The van der Waals surface area contributed by atoms with Crippen LogP contribution in [0.4, 0.5) is 0 Å². The highest BCUT2D eigenvalue weighted by molar-refractivity contribution is 5.57. The maximum atomic E-state index is 10.5. The lowest BCUT2D eigenvalue weighted by Crippen LogP contribution is -2.31. The Kier molecular flexibility index (Phi) is 7.06. The van der Waals surface area contributed by atoms with E-state index in [1.807, 2.05) is 20.2 Å². The van der Waals surface area contributed by atoms with E-state index in [0.717, 1.165) is 12.0 Å². The van der Waals surface area contributed by atoms with Crippen molar-refractivity contribution in [1.29, 1.82) is 0 Å². The summed E-state index contributed by atoms with van der Waals surface area (Å²) in [5, 5.41) is 9.17. The zero-order chi connectivity index (χ0) is 11.0. The molecule has 0 saturated heterocycles. The molecule has 0 amide bonds. The van der Waals surface area contributed by atoms with Gasteiger partial charge in [-0.3, -0.25) is 0 Å². The maximum Gasteiger partial charge on any atom is 0.137 e. The van der Waals surface area contributed by atoms with E-state index < -0.39 is 0 Å². The highest BCUT2D eigenvalue weighted by atomic mass is 16.1. The van der Waals surface area contributed by atoms with Gasteiger partial charge in [-0.15, -0.1) is 0 Å². The predicted octanol–water partition coefficient (Wildman–Crippen LogP) is -0.125. The van der Waals surface area contributed by atoms with Gasteiger partial charge < -0.3 is 20.7 Å². The summed E-state index contributed by atoms with van der Waals surface area (Å²) >= 11 is 0. The highest BCUT2D eigenvalue weighted by Gasteiger charge is 2.06. The Hall–Kier alpha value is -0.870. The average Bonchev–Trinajstić information content (AvgIpc) is 2.24. The van der Waals surface area contributed by atoms with Crippen molar-refractivity contribution in [2.24, 2.45) is 0 Å². The summed E-state index contributed by atoms with van der Waals surface area (Å²) in [6.07, 6.45) is 3.67. The zero-order valence-corrected chi connectivity index (χ0v) is 9.42. The molecule has 0 aromatic carbocycles. The molecule has 0 aliphatic heterocycles. The second-order valence-corrected chi connectivity index (χ2v) is 3.19. The third-order valence-electron chi connectivity index (χ3n) is 2.31. The minimum absolute atomic E-state index is 0.0950. The van der Waals surface area contributed by atoms with Crippen LogP contribution in [0.2, 0.25) is 0 Å². The molecule has 0 aliphatic carbocycles. The minimum atomic E-state index is -0.0950. The lowest BCUT2D eigenvalue weighted by Gasteiger charge is -2.15. The van der Waals surface area contributed by atoms with Crippen LogP contribution in [0.3, 0.4) is 0 Å². The molecule has 0 saturated carbocycles. The molecule has 0 aromatic rings. The van der Waals surface area contributed by atoms with Crippen LogP contribution in [0.15, 0.2) is 11.8 Å². The first kappa shape index (κ1) is 13.1. The maximum absolute atomic E-state index is 10.5. The van der Waals surface area contributed by atoms with Gasteiger partial charge in [0.2, 0.25) is 0 Å². The fourth-order valence-electron chi connectivity index (χ4n) is 1.15. The number of carbonyl (C=O) groups is 1. The molecule has 0 spiro atoms. The molecule has 0 rings (SSSR count). The van der Waals surface area contributed by atoms with Crippen molar-refractivity contribution in [3.63, 3.8) is 0 Å². The van der Waals surface area contributed by atoms with E-state index in [4.69, 9.17) is 0 Å². The molecule has 2 atom stereocenters. The van der Waals surface area contributed by atoms with Crippen LogP contribution in [-0.2, 0) is 4.79 Å². The fourth-order valence-corrected chi connectivity index (χ4v) is 1.15. The number of hydrogen-bond donors (Lipinski definition) is 3. The zero-order valence-electron chi connectivity index (χ0n) is 9.42. The van der Waals surface area contributed by atoms with Gasteiger partial charge in [-0.25, -0.2) is 0 Å². The van der Waals surface area contributed by atoms with Crippen LogP contribution in [0, 0.1) is 0 Å². The van der Waals surface area contributed by atoms with E-state index in [-0.39, 0.29) is 12.1 Å². The predicted molar refractivity (Wildman–Crippen MR) is 59.2 cm³/mol. The second-order valence-electron chi connectivity index (χ2n) is 3.19. The molecule has 0 aromatic heterocycles. The third-order valence-corrected chi connectivity index (χ3v) is 2.31. The van der Waals surface area contributed by atoms with Gasteiger partial charge in [0.15, 0.2) is 0 Å². The molecule has 0 bridgehead atoms. The Morgan fingerprint density at radius 1 is 1.29 bits per heavy atom. The normalized spacial score (nSPS) is 16.1. The van der Waals surface area contributed by atoms with E-state index in [2.05, 4.69) is 22.9 Å². The monoisotopic (exact) mass is 199 g/mol. The third kappa shape index (κ3) is 4.39. The van der Waals surface area contributed by atoms with Gasteiger partial charge in [-0.05, 0) is 27.4 Å². The lowest BCUT2D eigenvalue weighted by molar-refractivity contribution is -0.109. The molecular formula is C10H21N3O. The van der Waals surface area contributed by atoms with Crippen LogP contribution in [-0.4, -0.2) is 39.5 Å². The number of nitrogens with one attached hydrogen (secondary N) is 3. The van der Waals surface area contributed by atoms with E-state index in [1.54, 1.807) is 7.05 Å². The Morgan fingerprint density at radius 2 is 1.93 bits per heavy atom. The molecule has 0 aliphatic rings. The first-order valence-corrected chi connectivity index (χ1v) is 4.87. The Balaban J connectivity index is 4.22. The number of carbonyl (C=O) groups excluding carboxylic acids is 1. The quantitative estimate of drug-likeness (QED) is 0.500. The van der Waals surface area contributed by atoms with Crippen molar-refractivity contribution < 1.29 is 4.79 Å². The molecule has 0 fully saturated rings. The van der Waals surface area contributed by atoms with Crippen molar-refractivity contribution in [2.45, 2.75) is 25.4 Å². The Morgan fingerprint density at radius 3 is 2.29 bits per heavy atom. The summed E-state index contributed by atoms with van der Waals surface area (Å²) in [5.41, 5.74) is 1.11. The minimum Gasteiger partial charge on any atom is -0.390 e. The number of hydrogen-bond acceptors (Lipinski definition) is 4. The average molecular weight is 199 g/mol. The summed E-state index contributed by atoms with van der Waals surface area (Å²) < 4.78 is 0. The molecule has 2 unspecified atom stereocenters. The second kappa shape index (κ2) is 7.53. The van der Waals surface area contributed by atoms with Gasteiger partial charge in [-0.2, -0.15) is 0 Å². The van der Waals surface area contributed by atoms with Crippen LogP contribution in [0.25, 0.3) is 0 Å². The van der Waals surface area contributed by atoms with E-state index >= 15 is 0 Å². The van der Waals surface area contributed by atoms with Gasteiger partial charge in [0.1, 0.15) is 6.29 Å². The topological polar surface area (TPSA) is 53.2 Å². The summed E-state index contributed by atoms with van der Waals surface area (Å²) in [5.74, 6) is 0. The summed E-state index contributed by atoms with van der Waals surface area (Å²) in [7, 11) is 5.58. The van der Waals surface area contributed by atoms with Crippen LogP contribution >= 0.6 is 0 Å². The SMILES string of the molecule is CNC(=CCC(C=O)NC)C(C)NC. The largest absolute Gasteiger partial charge is 0.390 e. The molecule has 82 valence electrons. The number of aldehydes is 1. The van der Waals surface area contributed by atoms with Gasteiger partial charge in [-0.1, -0.05) is 6.08 Å². The van der Waals surface area contributed by atoms with Gasteiger partial charge >= 0.3 is 0 Å². The number of likely N-dealkylation sites (N-methyl/N-ethyl adjacent to an activating group) is 3. The van der Waals surface area contributed by atoms with E-state index in [0.29, 0.717) is 6.42 Å². The summed E-state index contributed by atoms with van der Waals surface area (Å²) in [6.45, 7) is 2.07. The van der Waals surface area contributed by atoms with Gasteiger partial charge in [0.25, 0.3) is 0 Å². The Labute approximate surface area is 86.1 Å². The summed E-state index contributed by atoms with van der Waals surface area (Å²) in [6, 6.07) is 0.187. The molecular weight excluding hydrogens is 178 g/mol. The van der Waals surface area contributed by atoms with Crippen molar-refractivity contribution in [3.8, 4) is 0 Å². The number of rotatable bonds is 7. The highest BCUT2D eigenvalue weighted by Crippen LogP contribution is 2.00. The first-order chi connectivity index (χ1) is 6.69. The van der Waals surface area contributed by atoms with Crippen LogP contribution < -0.4 is 16.0 Å². The fraction of sp³-hybridized carbons (Fsp3) is 0.700. The molecule has 4 nitrogen and oxygen atoms in total. The molecule has 0 radical (unpaired) electrons. The molecule has 3 N–H and O–H groups in total. The van der Waals surface area contributed by atoms with Crippen molar-refractivity contribution in [1.82, 2.24) is 16.0 Å². The summed E-state index contributed by atoms with van der Waals surface area (Å²) in [4.78, 5) is 10.5. The Bertz CT molecular complexity index is 192. The smallest absolute Gasteiger partial charge is 0.137 e. The van der Waals surface area contributed by atoms with Crippen molar-refractivity contribution >= 4 is 6.29 Å². The van der Waals surface area contributed by atoms with Gasteiger partial charge in [0.05, 0.1) is 6.04 Å². The molecule has 4 heteroatoms. The van der Waals surface area contributed by atoms with Crippen LogP contribution in [0.1, 0.15) is 13.3 Å². The van der Waals surface area contributed by atoms with E-state index in [1.165, 1.54) is 0 Å². The lowest BCUT2D eigenvalue weighted by atomic mass is 10.1. The van der Waals surface area contributed by atoms with Crippen molar-refractivity contribution in [3.05, 3.63) is 11.8 Å². The van der Waals surface area contributed by atoms with E-state index in [9.17, 15) is 4.79 Å². The van der Waals surface area contributed by atoms with Crippen molar-refractivity contribution in [2.75, 3.05) is 21.1 Å².